The molecular weight excluding hydrogens is 378 g/mol. The standard InChI is InChI=1S/C17H16ClN3O6/c1-9(16(22)20-10-4-3-5-11(6-10)21(24)25)27-17(23)12-7-13(18)14(19)8-15(12)26-2/h3-9H,19H2,1-2H3,(H,20,22)/t9-/m0/s1. The Balaban J connectivity index is 2.10. The van der Waals surface area contributed by atoms with Crippen LogP contribution in [0.1, 0.15) is 17.3 Å². The van der Waals surface area contributed by atoms with Gasteiger partial charge < -0.3 is 20.5 Å². The van der Waals surface area contributed by atoms with Crippen LogP contribution in [0.4, 0.5) is 17.1 Å². The van der Waals surface area contributed by atoms with E-state index in [-0.39, 0.29) is 33.4 Å². The van der Waals surface area contributed by atoms with Crippen molar-refractivity contribution >= 4 is 40.5 Å². The fourth-order valence-electron chi connectivity index (χ4n) is 2.12. The average Bonchev–Trinajstić information content (AvgIpc) is 2.63. The molecule has 0 aromatic heterocycles. The molecule has 0 fully saturated rings. The minimum atomic E-state index is -1.18. The molecule has 0 aliphatic carbocycles. The number of nitro benzene ring substituents is 1. The Morgan fingerprint density at radius 3 is 2.63 bits per heavy atom. The van der Waals surface area contributed by atoms with E-state index >= 15 is 0 Å². The third-order valence-electron chi connectivity index (χ3n) is 3.52. The van der Waals surface area contributed by atoms with E-state index in [4.69, 9.17) is 26.8 Å². The smallest absolute Gasteiger partial charge is 0.342 e. The van der Waals surface area contributed by atoms with Gasteiger partial charge in [-0.25, -0.2) is 4.79 Å². The van der Waals surface area contributed by atoms with Crippen LogP contribution < -0.4 is 15.8 Å². The van der Waals surface area contributed by atoms with Gasteiger partial charge in [0.05, 0.1) is 22.7 Å². The molecule has 0 saturated carbocycles. The van der Waals surface area contributed by atoms with E-state index in [1.807, 2.05) is 0 Å². The number of nitrogens with one attached hydrogen (secondary N) is 1. The van der Waals surface area contributed by atoms with Gasteiger partial charge in [-0.15, -0.1) is 0 Å². The Morgan fingerprint density at radius 2 is 2.00 bits per heavy atom. The van der Waals surface area contributed by atoms with E-state index in [1.165, 1.54) is 50.4 Å². The predicted octanol–water partition coefficient (Wildman–Crippen LogP) is 3.02. The summed E-state index contributed by atoms with van der Waals surface area (Å²) in [6, 6.07) is 8.02. The number of benzene rings is 2. The molecule has 2 aromatic rings. The van der Waals surface area contributed by atoms with Gasteiger partial charge in [-0.2, -0.15) is 0 Å². The lowest BCUT2D eigenvalue weighted by molar-refractivity contribution is -0.384. The summed E-state index contributed by atoms with van der Waals surface area (Å²) in [5.74, 6) is -1.35. The highest BCUT2D eigenvalue weighted by Gasteiger charge is 2.23. The third kappa shape index (κ3) is 4.85. The van der Waals surface area contributed by atoms with Crippen LogP contribution in [-0.2, 0) is 9.53 Å². The largest absolute Gasteiger partial charge is 0.496 e. The Hall–Kier alpha value is -3.33. The molecule has 9 nitrogen and oxygen atoms in total. The Bertz CT molecular complexity index is 902. The lowest BCUT2D eigenvalue weighted by atomic mass is 10.2. The first-order valence-corrected chi connectivity index (χ1v) is 8.00. The summed E-state index contributed by atoms with van der Waals surface area (Å²) in [6.45, 7) is 1.36. The van der Waals surface area contributed by atoms with Crippen molar-refractivity contribution in [2.75, 3.05) is 18.2 Å². The topological polar surface area (TPSA) is 134 Å². The number of halogens is 1. The van der Waals surface area contributed by atoms with E-state index in [0.717, 1.165) is 0 Å². The number of carbonyl (C=O) groups is 2. The van der Waals surface area contributed by atoms with Gasteiger partial charge in [0.2, 0.25) is 0 Å². The van der Waals surface area contributed by atoms with Gasteiger partial charge in [0, 0.05) is 23.9 Å². The quantitative estimate of drug-likeness (QED) is 0.333. The molecule has 0 spiro atoms. The second-order valence-electron chi connectivity index (χ2n) is 5.42. The molecule has 0 saturated heterocycles. The molecule has 27 heavy (non-hydrogen) atoms. The number of nitro groups is 1. The van der Waals surface area contributed by atoms with Crippen LogP contribution in [0.25, 0.3) is 0 Å². The Morgan fingerprint density at radius 1 is 1.30 bits per heavy atom. The van der Waals surface area contributed by atoms with Crippen molar-refractivity contribution in [2.45, 2.75) is 13.0 Å². The second kappa shape index (κ2) is 8.37. The van der Waals surface area contributed by atoms with Crippen molar-refractivity contribution in [3.8, 4) is 5.75 Å². The molecule has 0 aliphatic heterocycles. The van der Waals surface area contributed by atoms with E-state index in [0.29, 0.717) is 0 Å². The fraction of sp³-hybridized carbons (Fsp3) is 0.176. The second-order valence-corrected chi connectivity index (χ2v) is 5.83. The molecule has 2 rings (SSSR count). The molecule has 10 heteroatoms. The van der Waals surface area contributed by atoms with Gasteiger partial charge in [-0.1, -0.05) is 17.7 Å². The molecule has 2 aromatic carbocycles. The van der Waals surface area contributed by atoms with Crippen molar-refractivity contribution in [1.29, 1.82) is 0 Å². The van der Waals surface area contributed by atoms with Gasteiger partial charge in [0.1, 0.15) is 11.3 Å². The zero-order chi connectivity index (χ0) is 20.1. The summed E-state index contributed by atoms with van der Waals surface area (Å²) in [7, 11) is 1.35. The van der Waals surface area contributed by atoms with Gasteiger partial charge in [0.25, 0.3) is 11.6 Å². The Labute approximate surface area is 159 Å². The molecule has 3 N–H and O–H groups in total. The van der Waals surface area contributed by atoms with Crippen LogP contribution in [0.3, 0.4) is 0 Å². The molecule has 142 valence electrons. The summed E-state index contributed by atoms with van der Waals surface area (Å²) in [4.78, 5) is 34.7. The summed E-state index contributed by atoms with van der Waals surface area (Å²) in [5.41, 5.74) is 5.91. The predicted molar refractivity (Wildman–Crippen MR) is 99.0 cm³/mol. The van der Waals surface area contributed by atoms with Crippen molar-refractivity contribution in [3.63, 3.8) is 0 Å². The number of hydrogen-bond donors (Lipinski definition) is 2. The number of nitrogen functional groups attached to an aromatic ring is 1. The van der Waals surface area contributed by atoms with Crippen LogP contribution in [0, 0.1) is 10.1 Å². The first kappa shape index (κ1) is 20.0. The van der Waals surface area contributed by atoms with Crippen molar-refractivity contribution in [2.24, 2.45) is 0 Å². The van der Waals surface area contributed by atoms with E-state index in [9.17, 15) is 19.7 Å². The van der Waals surface area contributed by atoms with Gasteiger partial charge in [-0.3, -0.25) is 14.9 Å². The van der Waals surface area contributed by atoms with Crippen LogP contribution >= 0.6 is 11.6 Å². The summed E-state index contributed by atoms with van der Waals surface area (Å²) < 4.78 is 10.2. The van der Waals surface area contributed by atoms with Crippen LogP contribution in [-0.4, -0.2) is 30.0 Å². The lowest BCUT2D eigenvalue weighted by Gasteiger charge is -2.15. The molecule has 0 heterocycles. The number of esters is 1. The number of nitrogens with zero attached hydrogens (tertiary/aromatic N) is 1. The van der Waals surface area contributed by atoms with E-state index in [2.05, 4.69) is 5.32 Å². The number of carbonyl (C=O) groups excluding carboxylic acids is 2. The SMILES string of the molecule is COc1cc(N)c(Cl)cc1C(=O)O[C@@H](C)C(=O)Nc1cccc([N+](=O)[O-])c1. The van der Waals surface area contributed by atoms with Crippen LogP contribution in [0.5, 0.6) is 5.75 Å². The van der Waals surface area contributed by atoms with Gasteiger partial charge in [0.15, 0.2) is 6.10 Å². The number of hydrogen-bond acceptors (Lipinski definition) is 7. The van der Waals surface area contributed by atoms with Crippen LogP contribution in [0.2, 0.25) is 5.02 Å². The minimum Gasteiger partial charge on any atom is -0.496 e. The minimum absolute atomic E-state index is 0.00620. The number of methoxy groups -OCH3 is 1. The zero-order valence-electron chi connectivity index (χ0n) is 14.4. The Kier molecular flexibility index (Phi) is 6.19. The normalized spacial score (nSPS) is 11.4. The summed E-state index contributed by atoms with van der Waals surface area (Å²) >= 11 is 5.91. The van der Waals surface area contributed by atoms with Gasteiger partial charge in [-0.05, 0) is 19.1 Å². The molecule has 0 unspecified atom stereocenters. The maximum atomic E-state index is 12.3. The van der Waals surface area contributed by atoms with E-state index < -0.39 is 22.9 Å². The molecule has 1 atom stereocenters. The third-order valence-corrected chi connectivity index (χ3v) is 3.84. The highest BCUT2D eigenvalue weighted by Crippen LogP contribution is 2.29. The lowest BCUT2D eigenvalue weighted by Crippen LogP contribution is -2.30. The summed E-state index contributed by atoms with van der Waals surface area (Å²) in [5, 5.41) is 13.4. The molecular formula is C17H16ClN3O6. The highest BCUT2D eigenvalue weighted by molar-refractivity contribution is 6.33. The summed E-state index contributed by atoms with van der Waals surface area (Å²) in [6.07, 6.45) is -1.18. The fourth-order valence-corrected chi connectivity index (χ4v) is 2.28. The zero-order valence-corrected chi connectivity index (χ0v) is 15.1. The molecule has 0 radical (unpaired) electrons. The highest BCUT2D eigenvalue weighted by atomic mass is 35.5. The number of anilines is 2. The van der Waals surface area contributed by atoms with Crippen molar-refractivity contribution in [1.82, 2.24) is 0 Å². The van der Waals surface area contributed by atoms with Gasteiger partial charge >= 0.3 is 5.97 Å². The first-order chi connectivity index (χ1) is 12.7. The number of rotatable bonds is 6. The molecule has 1 amide bonds. The van der Waals surface area contributed by atoms with Crippen molar-refractivity contribution < 1.29 is 24.0 Å². The first-order valence-electron chi connectivity index (χ1n) is 7.62. The molecule has 0 aliphatic rings. The van der Waals surface area contributed by atoms with E-state index in [1.54, 1.807) is 0 Å². The number of nitrogens with two attached hydrogens (primary N) is 1. The maximum Gasteiger partial charge on any atom is 0.342 e. The van der Waals surface area contributed by atoms with Crippen molar-refractivity contribution in [3.05, 3.63) is 57.1 Å². The number of ether oxygens (including phenoxy) is 2. The van der Waals surface area contributed by atoms with Crippen LogP contribution in [0.15, 0.2) is 36.4 Å². The number of non-ortho nitro benzene ring substituents is 1. The monoisotopic (exact) mass is 393 g/mol. The average molecular weight is 394 g/mol. The maximum absolute atomic E-state index is 12.3. The number of amides is 1. The molecule has 0 bridgehead atoms.